The fourth-order valence-corrected chi connectivity index (χ4v) is 6.85. The summed E-state index contributed by atoms with van der Waals surface area (Å²) in [4.78, 5) is 1.82. The summed E-state index contributed by atoms with van der Waals surface area (Å²) in [7, 11) is -5.25. The molecule has 0 bridgehead atoms. The van der Waals surface area contributed by atoms with E-state index in [0.717, 1.165) is 20.8 Å². The minimum absolute atomic E-state index is 0.155. The highest BCUT2D eigenvalue weighted by Gasteiger charge is 2.29. The van der Waals surface area contributed by atoms with Gasteiger partial charge in [0.05, 0.1) is 37.0 Å². The first-order valence-corrected chi connectivity index (χ1v) is 17.7. The van der Waals surface area contributed by atoms with Gasteiger partial charge in [-0.05, 0) is 43.5 Å². The summed E-state index contributed by atoms with van der Waals surface area (Å²) in [5, 5.41) is 0.345. The van der Waals surface area contributed by atoms with Crippen LogP contribution in [0.15, 0.2) is 47.9 Å². The van der Waals surface area contributed by atoms with E-state index in [4.69, 9.17) is 25.8 Å². The van der Waals surface area contributed by atoms with Crippen LogP contribution in [0.5, 0.6) is 17.2 Å². The Labute approximate surface area is 260 Å². The molecule has 43 heavy (non-hydrogen) atoms. The molecule has 4 rings (SSSR count). The Hall–Kier alpha value is -2.88. The number of hydrogen-bond donors (Lipinski definition) is 2. The van der Waals surface area contributed by atoms with Crippen LogP contribution < -0.4 is 23.7 Å². The second-order valence-electron chi connectivity index (χ2n) is 9.94. The van der Waals surface area contributed by atoms with E-state index in [2.05, 4.69) is 0 Å². The number of benzene rings is 2. The van der Waals surface area contributed by atoms with E-state index < -0.39 is 31.2 Å². The molecule has 11 nitrogen and oxygen atoms in total. The highest BCUT2D eigenvalue weighted by atomic mass is 35.5. The quantitative estimate of drug-likeness (QED) is 0.180. The lowest BCUT2D eigenvalue weighted by molar-refractivity contribution is -0.669. The molecular weight excluding hydrogens is 640 g/mol. The molecule has 2 aromatic carbocycles. The summed E-state index contributed by atoms with van der Waals surface area (Å²) in [6, 6.07) is 8.87. The van der Waals surface area contributed by atoms with E-state index >= 15 is 0 Å². The van der Waals surface area contributed by atoms with Crippen LogP contribution in [-0.2, 0) is 26.8 Å². The van der Waals surface area contributed by atoms with Gasteiger partial charge in [-0.25, -0.2) is 0 Å². The molecule has 1 unspecified atom stereocenters. The Morgan fingerprint density at radius 1 is 1.14 bits per heavy atom. The Bertz CT molecular complexity index is 1780. The van der Waals surface area contributed by atoms with Crippen LogP contribution in [0.4, 0.5) is 5.69 Å². The maximum Gasteiger partial charge on any atom is 0.267 e. The van der Waals surface area contributed by atoms with Crippen LogP contribution in [0.1, 0.15) is 38.1 Å². The van der Waals surface area contributed by atoms with Crippen molar-refractivity contribution in [3.63, 3.8) is 0 Å². The number of allylic oxidation sites excluding steroid dienone is 2. The van der Waals surface area contributed by atoms with Gasteiger partial charge >= 0.3 is 0 Å². The van der Waals surface area contributed by atoms with Crippen LogP contribution in [0, 0.1) is 0 Å². The van der Waals surface area contributed by atoms with Gasteiger partial charge in [-0.1, -0.05) is 29.9 Å². The number of methoxy groups -OCH3 is 2. The van der Waals surface area contributed by atoms with Crippen molar-refractivity contribution < 1.29 is 44.7 Å². The Morgan fingerprint density at radius 3 is 2.47 bits per heavy atom. The largest absolute Gasteiger partial charge is 0.493 e. The molecule has 234 valence electrons. The topological polar surface area (TPSA) is 144 Å². The summed E-state index contributed by atoms with van der Waals surface area (Å²) < 4.78 is 84.9. The van der Waals surface area contributed by atoms with Gasteiger partial charge in [-0.2, -0.15) is 21.4 Å². The lowest BCUT2D eigenvalue weighted by Crippen LogP contribution is -2.37. The number of nitrogens with zero attached hydrogens (tertiary/aromatic N) is 2. The van der Waals surface area contributed by atoms with Crippen molar-refractivity contribution in [1.82, 2.24) is 0 Å². The number of halogens is 1. The van der Waals surface area contributed by atoms with E-state index in [1.54, 1.807) is 25.3 Å². The average molecular weight is 674 g/mol. The molecule has 0 fully saturated rings. The molecule has 0 radical (unpaired) electrons. The number of rotatable bonds is 13. The van der Waals surface area contributed by atoms with Gasteiger partial charge in [0.15, 0.2) is 23.8 Å². The Balaban J connectivity index is 1.78. The molecule has 0 aliphatic carbocycles. The predicted octanol–water partition coefficient (Wildman–Crippen LogP) is 5.34. The van der Waals surface area contributed by atoms with Gasteiger partial charge < -0.3 is 19.1 Å². The number of ether oxygens (including phenoxy) is 3. The summed E-state index contributed by atoms with van der Waals surface area (Å²) >= 11 is 7.72. The van der Waals surface area contributed by atoms with Gasteiger partial charge in [0.2, 0.25) is 11.4 Å². The van der Waals surface area contributed by atoms with Gasteiger partial charge in [0.25, 0.3) is 25.2 Å². The normalized spacial score (nSPS) is 15.6. The predicted molar refractivity (Wildman–Crippen MR) is 168 cm³/mol. The first-order valence-electron chi connectivity index (χ1n) is 13.4. The molecule has 2 heterocycles. The van der Waals surface area contributed by atoms with Gasteiger partial charge in [-0.15, -0.1) is 0 Å². The van der Waals surface area contributed by atoms with E-state index in [-0.39, 0.29) is 19.4 Å². The van der Waals surface area contributed by atoms with Crippen molar-refractivity contribution >= 4 is 65.2 Å². The summed E-state index contributed by atoms with van der Waals surface area (Å²) in [5.41, 5.74) is 2.36. The number of hydrogen-bond acceptors (Lipinski definition) is 9. The standard InChI is InChI=1S/C28H33ClN2O9S3/c1-5-19(13-27-30(10-6-12-42(32,33)34)21-15-20(29)7-8-23(21)40-27)14-28-31(11-9-18(2)43(35,36)37)22-16-24(38-3)25(39-4)17-26(22)41-28/h7-8,13-18H,5-6,9-12H2,1-4H3,(H-,32,33,34,35,36,37)/p+1. The lowest BCUT2D eigenvalue weighted by Gasteiger charge is -2.18. The third-order valence-electron chi connectivity index (χ3n) is 7.01. The number of aromatic nitrogens is 1. The fourth-order valence-electron chi connectivity index (χ4n) is 4.61. The molecule has 0 saturated heterocycles. The molecule has 15 heteroatoms. The highest BCUT2D eigenvalue weighted by molar-refractivity contribution is 7.86. The van der Waals surface area contributed by atoms with Crippen molar-refractivity contribution in [2.24, 2.45) is 0 Å². The third-order valence-corrected chi connectivity index (χ3v) is 10.4. The molecule has 3 aromatic rings. The Kier molecular flexibility index (Phi) is 10.3. The molecule has 2 N–H and O–H groups in total. The smallest absolute Gasteiger partial charge is 0.267 e. The van der Waals surface area contributed by atoms with Crippen molar-refractivity contribution in [1.29, 1.82) is 0 Å². The van der Waals surface area contributed by atoms with Crippen LogP contribution in [0.2, 0.25) is 5.02 Å². The van der Waals surface area contributed by atoms with Crippen molar-refractivity contribution in [2.75, 3.05) is 31.4 Å². The summed E-state index contributed by atoms with van der Waals surface area (Å²) in [6.07, 6.45) is 4.77. The monoisotopic (exact) mass is 673 g/mol. The number of thiazole rings is 1. The highest BCUT2D eigenvalue weighted by Crippen LogP contribution is 2.41. The first-order chi connectivity index (χ1) is 20.2. The van der Waals surface area contributed by atoms with Crippen LogP contribution in [-0.4, -0.2) is 57.7 Å². The maximum atomic E-state index is 11.7. The first kappa shape index (κ1) is 33.0. The zero-order valence-corrected chi connectivity index (χ0v) is 27.3. The second-order valence-corrected chi connectivity index (χ2v) is 14.8. The molecule has 1 aliphatic rings. The summed E-state index contributed by atoms with van der Waals surface area (Å²) in [6.45, 7) is 4.00. The molecule has 1 aromatic heterocycles. The van der Waals surface area contributed by atoms with Gasteiger partial charge in [-0.3, -0.25) is 9.11 Å². The minimum atomic E-state index is -4.21. The van der Waals surface area contributed by atoms with Crippen LogP contribution in [0.3, 0.4) is 0 Å². The van der Waals surface area contributed by atoms with E-state index in [1.807, 2.05) is 40.7 Å². The van der Waals surface area contributed by atoms with E-state index in [9.17, 15) is 25.9 Å². The van der Waals surface area contributed by atoms with Gasteiger partial charge in [0, 0.05) is 36.2 Å². The summed E-state index contributed by atoms with van der Waals surface area (Å²) in [5.74, 6) is 1.71. The zero-order chi connectivity index (χ0) is 31.5. The second kappa shape index (κ2) is 13.4. The zero-order valence-electron chi connectivity index (χ0n) is 24.1. The molecule has 0 spiro atoms. The van der Waals surface area contributed by atoms with E-state index in [1.165, 1.54) is 25.4 Å². The molecule has 1 atom stereocenters. The minimum Gasteiger partial charge on any atom is -0.493 e. The lowest BCUT2D eigenvalue weighted by atomic mass is 10.1. The number of aryl methyl sites for hydroxylation is 1. The molecule has 1 aliphatic heterocycles. The molecular formula is C28H34ClN2O9S3+. The maximum absolute atomic E-state index is 11.7. The van der Waals surface area contributed by atoms with E-state index in [0.29, 0.717) is 46.8 Å². The van der Waals surface area contributed by atoms with Crippen molar-refractivity contribution in [3.8, 4) is 17.2 Å². The SMILES string of the molecule is CCC(=Cc1sc2cc(OC)c(OC)cc2[n+]1CCC(C)S(=O)(=O)O)C=C1Oc2ccc(Cl)cc2N1CCCS(=O)(=O)O. The van der Waals surface area contributed by atoms with Crippen LogP contribution in [0.25, 0.3) is 16.3 Å². The number of anilines is 1. The average Bonchev–Trinajstić information content (AvgIpc) is 3.45. The van der Waals surface area contributed by atoms with Gasteiger partial charge in [0.1, 0.15) is 4.70 Å². The third kappa shape index (κ3) is 7.99. The van der Waals surface area contributed by atoms with Crippen LogP contribution >= 0.6 is 22.9 Å². The molecule has 0 amide bonds. The fraction of sp³-hybridized carbons (Fsp3) is 0.393. The van der Waals surface area contributed by atoms with Crippen molar-refractivity contribution in [3.05, 3.63) is 57.9 Å². The van der Waals surface area contributed by atoms with Crippen molar-refractivity contribution in [2.45, 2.75) is 44.9 Å². The number of fused-ring (bicyclic) bond motifs is 2. The Morgan fingerprint density at radius 2 is 1.84 bits per heavy atom. The molecule has 0 saturated carbocycles.